The van der Waals surface area contributed by atoms with Crippen LogP contribution in [0.5, 0.6) is 5.75 Å². The predicted octanol–water partition coefficient (Wildman–Crippen LogP) is 4.22. The molecule has 3 aromatic rings. The van der Waals surface area contributed by atoms with Gasteiger partial charge in [-0.2, -0.15) is 0 Å². The molecule has 0 aliphatic carbocycles. The molecule has 1 aromatic heterocycles. The van der Waals surface area contributed by atoms with Crippen LogP contribution in [0.2, 0.25) is 5.02 Å². The normalized spacial score (nSPS) is 15.6. The van der Waals surface area contributed by atoms with Gasteiger partial charge in [-0.3, -0.25) is 19.5 Å². The zero-order valence-electron chi connectivity index (χ0n) is 19.2. The molecule has 1 aliphatic heterocycles. The third-order valence-electron chi connectivity index (χ3n) is 5.33. The summed E-state index contributed by atoms with van der Waals surface area (Å²) in [5.74, 6) is -1.09. The van der Waals surface area contributed by atoms with E-state index in [0.29, 0.717) is 26.6 Å². The van der Waals surface area contributed by atoms with E-state index in [4.69, 9.17) is 16.3 Å². The maximum atomic E-state index is 13.6. The SMILES string of the molecule is CC1=C(C(=O)OC(C)C)[C@H](c2ccc(Cl)cc2)n2c(s/c(=C\c3cc(Br)c(O)c([N+](=O)[O-])c3)c2=O)=N1. The summed E-state index contributed by atoms with van der Waals surface area (Å²) in [5.41, 5.74) is 0.671. The number of benzene rings is 2. The molecule has 0 saturated carbocycles. The lowest BCUT2D eigenvalue weighted by atomic mass is 9.96. The van der Waals surface area contributed by atoms with Crippen molar-refractivity contribution in [3.05, 3.63) is 98.1 Å². The van der Waals surface area contributed by atoms with Gasteiger partial charge in [0.2, 0.25) is 5.75 Å². The Balaban J connectivity index is 1.95. The van der Waals surface area contributed by atoms with E-state index in [1.165, 1.54) is 22.8 Å². The van der Waals surface area contributed by atoms with E-state index < -0.39 is 33.9 Å². The number of phenols is 1. The molecular weight excluding hydrogens is 574 g/mol. The first kappa shape index (κ1) is 25.8. The Labute approximate surface area is 221 Å². The first-order valence-electron chi connectivity index (χ1n) is 10.6. The van der Waals surface area contributed by atoms with Gasteiger partial charge in [0.1, 0.15) is 0 Å². The van der Waals surface area contributed by atoms with E-state index in [1.54, 1.807) is 45.0 Å². The van der Waals surface area contributed by atoms with Crippen molar-refractivity contribution in [3.63, 3.8) is 0 Å². The highest BCUT2D eigenvalue weighted by atomic mass is 79.9. The highest BCUT2D eigenvalue weighted by Crippen LogP contribution is 2.35. The Kier molecular flexibility index (Phi) is 7.17. The van der Waals surface area contributed by atoms with E-state index in [-0.39, 0.29) is 20.7 Å². The van der Waals surface area contributed by atoms with Crippen molar-refractivity contribution >= 4 is 56.6 Å². The number of esters is 1. The molecule has 1 aliphatic rings. The van der Waals surface area contributed by atoms with Gasteiger partial charge in [0.05, 0.1) is 37.3 Å². The second kappa shape index (κ2) is 10.00. The van der Waals surface area contributed by atoms with Gasteiger partial charge in [0.25, 0.3) is 5.56 Å². The van der Waals surface area contributed by atoms with Gasteiger partial charge in [0, 0.05) is 11.1 Å². The number of hydrogen-bond donors (Lipinski definition) is 1. The van der Waals surface area contributed by atoms with Gasteiger partial charge in [-0.15, -0.1) is 0 Å². The zero-order chi connectivity index (χ0) is 26.3. The molecule has 0 spiro atoms. The van der Waals surface area contributed by atoms with Crippen molar-refractivity contribution < 1.29 is 19.6 Å². The molecule has 36 heavy (non-hydrogen) atoms. The minimum absolute atomic E-state index is 0.115. The molecule has 1 N–H and O–H groups in total. The van der Waals surface area contributed by atoms with Gasteiger partial charge in [-0.1, -0.05) is 35.1 Å². The van der Waals surface area contributed by atoms with E-state index in [9.17, 15) is 24.8 Å². The summed E-state index contributed by atoms with van der Waals surface area (Å²) < 4.78 is 7.22. The molecule has 4 rings (SSSR count). The number of fused-ring (bicyclic) bond motifs is 1. The number of nitro benzene ring substituents is 1. The first-order chi connectivity index (χ1) is 17.0. The third-order valence-corrected chi connectivity index (χ3v) is 7.17. The largest absolute Gasteiger partial charge is 0.501 e. The van der Waals surface area contributed by atoms with Gasteiger partial charge in [-0.25, -0.2) is 9.79 Å². The Hall–Kier alpha value is -3.28. The number of aromatic hydroxyl groups is 1. The first-order valence-corrected chi connectivity index (χ1v) is 12.6. The summed E-state index contributed by atoms with van der Waals surface area (Å²) in [6.45, 7) is 5.14. The maximum Gasteiger partial charge on any atom is 0.338 e. The van der Waals surface area contributed by atoms with Crippen molar-refractivity contribution in [1.29, 1.82) is 0 Å². The average molecular weight is 593 g/mol. The molecule has 2 aromatic carbocycles. The molecule has 0 radical (unpaired) electrons. The van der Waals surface area contributed by atoms with Crippen molar-refractivity contribution in [1.82, 2.24) is 4.57 Å². The smallest absolute Gasteiger partial charge is 0.338 e. The van der Waals surface area contributed by atoms with E-state index in [0.717, 1.165) is 11.3 Å². The highest BCUT2D eigenvalue weighted by molar-refractivity contribution is 9.10. The summed E-state index contributed by atoms with van der Waals surface area (Å²) in [6.07, 6.45) is 1.10. The number of halogens is 2. The third kappa shape index (κ3) is 4.86. The molecule has 2 heterocycles. The summed E-state index contributed by atoms with van der Waals surface area (Å²) in [6, 6.07) is 8.62. The van der Waals surface area contributed by atoms with Crippen LogP contribution < -0.4 is 14.9 Å². The van der Waals surface area contributed by atoms with Crippen molar-refractivity contribution in [3.8, 4) is 5.75 Å². The Bertz CT molecular complexity index is 1610. The van der Waals surface area contributed by atoms with Crippen LogP contribution in [0.4, 0.5) is 5.69 Å². The van der Waals surface area contributed by atoms with Crippen molar-refractivity contribution in [2.45, 2.75) is 32.9 Å². The minimum Gasteiger partial charge on any atom is -0.501 e. The summed E-state index contributed by atoms with van der Waals surface area (Å²) in [5, 5.41) is 21.8. The summed E-state index contributed by atoms with van der Waals surface area (Å²) in [4.78, 5) is 42.2. The molecule has 0 saturated heterocycles. The van der Waals surface area contributed by atoms with Crippen LogP contribution in [-0.4, -0.2) is 26.7 Å². The van der Waals surface area contributed by atoms with Crippen LogP contribution >= 0.6 is 38.9 Å². The lowest BCUT2D eigenvalue weighted by Gasteiger charge is -2.25. The van der Waals surface area contributed by atoms with Crippen molar-refractivity contribution in [2.24, 2.45) is 4.99 Å². The van der Waals surface area contributed by atoms with Crippen LogP contribution in [0.3, 0.4) is 0 Å². The van der Waals surface area contributed by atoms with Crippen LogP contribution in [0, 0.1) is 10.1 Å². The van der Waals surface area contributed by atoms with Crippen LogP contribution in [0.15, 0.2) is 61.9 Å². The predicted molar refractivity (Wildman–Crippen MR) is 139 cm³/mol. The second-order valence-electron chi connectivity index (χ2n) is 8.21. The van der Waals surface area contributed by atoms with E-state index in [1.807, 2.05) is 0 Å². The molecule has 0 bridgehead atoms. The standard InChI is InChI=1S/C24H19BrClN3O6S/c1-11(2)35-23(32)19-12(3)27-24-28(20(19)14-4-6-15(26)7-5-14)22(31)18(36-24)10-13-8-16(25)21(30)17(9-13)29(33)34/h4-11,20,30H,1-3H3/b18-10-/t20-/m0/s1. The fourth-order valence-corrected chi connectivity index (χ4v) is 5.44. The molecular formula is C24H19BrClN3O6S. The lowest BCUT2D eigenvalue weighted by molar-refractivity contribution is -0.386. The lowest BCUT2D eigenvalue weighted by Crippen LogP contribution is -2.40. The number of ether oxygens (including phenoxy) is 1. The molecule has 0 unspecified atom stereocenters. The number of hydrogen-bond acceptors (Lipinski definition) is 8. The molecule has 186 valence electrons. The number of carbonyl (C=O) groups excluding carboxylic acids is 1. The number of nitro groups is 1. The molecule has 0 amide bonds. The number of rotatable bonds is 5. The van der Waals surface area contributed by atoms with E-state index >= 15 is 0 Å². The molecule has 1 atom stereocenters. The number of nitrogens with zero attached hydrogens (tertiary/aromatic N) is 3. The number of aromatic nitrogens is 1. The number of phenolic OH excluding ortho intramolecular Hbond substituents is 1. The minimum atomic E-state index is -0.812. The monoisotopic (exact) mass is 591 g/mol. The molecule has 0 fully saturated rings. The number of thiazole rings is 1. The van der Waals surface area contributed by atoms with Gasteiger partial charge < -0.3 is 9.84 Å². The number of allylic oxidation sites excluding steroid dienone is 1. The Morgan fingerprint density at radius 2 is 2.00 bits per heavy atom. The fourth-order valence-electron chi connectivity index (χ4n) is 3.80. The van der Waals surface area contributed by atoms with Gasteiger partial charge in [0.15, 0.2) is 4.80 Å². The second-order valence-corrected chi connectivity index (χ2v) is 10.5. The fraction of sp³-hybridized carbons (Fsp3) is 0.208. The van der Waals surface area contributed by atoms with Gasteiger partial charge in [-0.05, 0) is 72.1 Å². The van der Waals surface area contributed by atoms with Crippen LogP contribution in [-0.2, 0) is 9.53 Å². The molecule has 12 heteroatoms. The Morgan fingerprint density at radius 3 is 2.61 bits per heavy atom. The van der Waals surface area contributed by atoms with Crippen molar-refractivity contribution in [2.75, 3.05) is 0 Å². The maximum absolute atomic E-state index is 13.6. The van der Waals surface area contributed by atoms with Gasteiger partial charge >= 0.3 is 11.7 Å². The average Bonchev–Trinajstić information content (AvgIpc) is 3.09. The topological polar surface area (TPSA) is 124 Å². The quantitative estimate of drug-likeness (QED) is 0.269. The van der Waals surface area contributed by atoms with Crippen LogP contribution in [0.25, 0.3) is 6.08 Å². The summed E-state index contributed by atoms with van der Waals surface area (Å²) >= 11 is 10.3. The van der Waals surface area contributed by atoms with Crippen LogP contribution in [0.1, 0.15) is 37.9 Å². The Morgan fingerprint density at radius 1 is 1.33 bits per heavy atom. The highest BCUT2D eigenvalue weighted by Gasteiger charge is 2.33. The zero-order valence-corrected chi connectivity index (χ0v) is 22.3. The summed E-state index contributed by atoms with van der Waals surface area (Å²) in [7, 11) is 0. The van der Waals surface area contributed by atoms with E-state index in [2.05, 4.69) is 20.9 Å². The number of carbonyl (C=O) groups is 1. The molecule has 9 nitrogen and oxygen atoms in total.